The molecule has 1 aliphatic heterocycles. The average Bonchev–Trinajstić information content (AvgIpc) is 3.35. The summed E-state index contributed by atoms with van der Waals surface area (Å²) in [5, 5.41) is 13.1. The predicted molar refractivity (Wildman–Crippen MR) is 126 cm³/mol. The summed E-state index contributed by atoms with van der Waals surface area (Å²) in [6.45, 7) is 1.50. The van der Waals surface area contributed by atoms with Crippen molar-refractivity contribution >= 4 is 58.1 Å². The average molecular weight is 496 g/mol. The van der Waals surface area contributed by atoms with E-state index in [4.69, 9.17) is 16.0 Å². The van der Waals surface area contributed by atoms with Crippen molar-refractivity contribution in [1.82, 2.24) is 4.90 Å². The van der Waals surface area contributed by atoms with Gasteiger partial charge in [0.2, 0.25) is 5.91 Å². The minimum Gasteiger partial charge on any atom is -0.545 e. The number of carbonyl (C=O) groups is 4. The zero-order chi connectivity index (χ0) is 24.4. The molecule has 172 valence electrons. The number of amides is 3. The number of furan rings is 1. The van der Waals surface area contributed by atoms with Crippen LogP contribution in [0, 0.1) is 6.92 Å². The molecule has 0 radical (unpaired) electrons. The van der Waals surface area contributed by atoms with Gasteiger partial charge in [0.1, 0.15) is 18.1 Å². The van der Waals surface area contributed by atoms with E-state index < -0.39 is 29.6 Å². The third kappa shape index (κ3) is 5.05. The molecule has 2 heterocycles. The summed E-state index contributed by atoms with van der Waals surface area (Å²) < 4.78 is 5.70. The van der Waals surface area contributed by atoms with Crippen LogP contribution < -0.4 is 10.4 Å². The molecule has 10 heteroatoms. The minimum absolute atomic E-state index is 0.000447. The third-order valence-corrected chi connectivity index (χ3v) is 6.10. The number of anilines is 1. The van der Waals surface area contributed by atoms with Gasteiger partial charge in [-0.05, 0) is 49.0 Å². The Morgan fingerprint density at radius 1 is 1.12 bits per heavy atom. The second-order valence-corrected chi connectivity index (χ2v) is 8.77. The highest BCUT2D eigenvalue weighted by molar-refractivity contribution is 8.18. The minimum atomic E-state index is -1.39. The maximum absolute atomic E-state index is 12.7. The molecule has 0 saturated carbocycles. The smallest absolute Gasteiger partial charge is 0.294 e. The van der Waals surface area contributed by atoms with Crippen LogP contribution >= 0.6 is 23.4 Å². The Labute approximate surface area is 203 Å². The lowest BCUT2D eigenvalue weighted by Gasteiger charge is -2.12. The van der Waals surface area contributed by atoms with Gasteiger partial charge in [-0.2, -0.15) is 0 Å². The molecule has 1 saturated heterocycles. The maximum atomic E-state index is 12.7. The molecule has 1 fully saturated rings. The van der Waals surface area contributed by atoms with Gasteiger partial charge in [0.25, 0.3) is 11.1 Å². The Hall–Kier alpha value is -3.82. The van der Waals surface area contributed by atoms with Gasteiger partial charge in [0.15, 0.2) is 0 Å². The van der Waals surface area contributed by atoms with E-state index in [0.717, 1.165) is 10.5 Å². The normalized spacial score (nSPS) is 14.6. The van der Waals surface area contributed by atoms with Gasteiger partial charge in [-0.1, -0.05) is 41.4 Å². The number of carbonyl (C=O) groups excluding carboxylic acids is 4. The highest BCUT2D eigenvalue weighted by atomic mass is 35.5. The summed E-state index contributed by atoms with van der Waals surface area (Å²) >= 11 is 6.68. The number of halogens is 1. The summed E-state index contributed by atoms with van der Waals surface area (Å²) in [7, 11) is 0. The Morgan fingerprint density at radius 2 is 1.85 bits per heavy atom. The lowest BCUT2D eigenvalue weighted by atomic mass is 10.1. The van der Waals surface area contributed by atoms with E-state index in [-0.39, 0.29) is 15.5 Å². The number of nitrogens with one attached hydrogen (secondary N) is 1. The van der Waals surface area contributed by atoms with E-state index in [2.05, 4.69) is 5.32 Å². The van der Waals surface area contributed by atoms with Crippen LogP contribution in [0.3, 0.4) is 0 Å². The van der Waals surface area contributed by atoms with E-state index in [1.165, 1.54) is 24.3 Å². The first-order valence-corrected chi connectivity index (χ1v) is 11.1. The molecule has 0 unspecified atom stereocenters. The topological polar surface area (TPSA) is 120 Å². The quantitative estimate of drug-likeness (QED) is 0.514. The fourth-order valence-corrected chi connectivity index (χ4v) is 4.24. The maximum Gasteiger partial charge on any atom is 0.294 e. The molecular weight excluding hydrogens is 480 g/mol. The molecule has 0 spiro atoms. The van der Waals surface area contributed by atoms with Crippen LogP contribution in [-0.4, -0.2) is 34.5 Å². The Morgan fingerprint density at radius 3 is 2.53 bits per heavy atom. The van der Waals surface area contributed by atoms with E-state index in [1.807, 2.05) is 19.1 Å². The fourth-order valence-electron chi connectivity index (χ4n) is 3.17. The summed E-state index contributed by atoms with van der Waals surface area (Å²) in [5.74, 6) is -1.81. The Bertz CT molecular complexity index is 1350. The number of aromatic carboxylic acids is 1. The standard InChI is InChI=1S/C24H17ClN2O6S/c1-13-2-5-15(6-3-13)26-21(28)12-27-22(29)20(34-24(27)32)11-16-7-9-19(33-16)14-4-8-17(23(30)31)18(25)10-14/h2-11H,12H2,1H3,(H,26,28)(H,30,31)/p-1/b20-11+. The van der Waals surface area contributed by atoms with Crippen molar-refractivity contribution in [2.45, 2.75) is 6.92 Å². The molecule has 3 aromatic rings. The van der Waals surface area contributed by atoms with E-state index in [0.29, 0.717) is 34.5 Å². The molecule has 0 aliphatic carbocycles. The Kier molecular flexibility index (Phi) is 6.58. The second kappa shape index (κ2) is 9.58. The molecule has 8 nitrogen and oxygen atoms in total. The van der Waals surface area contributed by atoms with E-state index >= 15 is 0 Å². The van der Waals surface area contributed by atoms with Gasteiger partial charge < -0.3 is 19.6 Å². The first-order valence-electron chi connectivity index (χ1n) is 9.94. The number of hydrogen-bond acceptors (Lipinski definition) is 7. The van der Waals surface area contributed by atoms with Crippen molar-refractivity contribution in [2.75, 3.05) is 11.9 Å². The number of nitrogens with zero attached hydrogens (tertiary/aromatic N) is 1. The number of benzene rings is 2. The van der Waals surface area contributed by atoms with Gasteiger partial charge in [0, 0.05) is 22.9 Å². The number of hydrogen-bond donors (Lipinski definition) is 1. The molecular formula is C24H16ClN2O6S-. The van der Waals surface area contributed by atoms with Gasteiger partial charge in [-0.15, -0.1) is 0 Å². The molecule has 4 rings (SSSR count). The van der Waals surface area contributed by atoms with Crippen molar-refractivity contribution in [2.24, 2.45) is 0 Å². The first kappa shape index (κ1) is 23.3. The van der Waals surface area contributed by atoms with Crippen molar-refractivity contribution in [1.29, 1.82) is 0 Å². The Balaban J connectivity index is 1.45. The second-order valence-electron chi connectivity index (χ2n) is 7.37. The number of imide groups is 1. The van der Waals surface area contributed by atoms with Crippen molar-refractivity contribution < 1.29 is 28.7 Å². The zero-order valence-corrected chi connectivity index (χ0v) is 19.2. The monoisotopic (exact) mass is 495 g/mol. The summed E-state index contributed by atoms with van der Waals surface area (Å²) in [4.78, 5) is 49.3. The molecule has 0 bridgehead atoms. The van der Waals surface area contributed by atoms with Gasteiger partial charge in [-0.3, -0.25) is 19.3 Å². The fraction of sp³-hybridized carbons (Fsp3) is 0.0833. The van der Waals surface area contributed by atoms with Crippen molar-refractivity contribution in [3.05, 3.63) is 81.4 Å². The van der Waals surface area contributed by atoms with Crippen molar-refractivity contribution in [3.8, 4) is 11.3 Å². The molecule has 0 atom stereocenters. The van der Waals surface area contributed by atoms with Crippen LogP contribution in [0.15, 0.2) is 63.9 Å². The van der Waals surface area contributed by atoms with E-state index in [9.17, 15) is 24.3 Å². The van der Waals surface area contributed by atoms with Crippen LogP contribution in [-0.2, 0) is 9.59 Å². The molecule has 1 aromatic heterocycles. The van der Waals surface area contributed by atoms with Crippen LogP contribution in [0.2, 0.25) is 5.02 Å². The lowest BCUT2D eigenvalue weighted by Crippen LogP contribution is -2.36. The van der Waals surface area contributed by atoms with Gasteiger partial charge >= 0.3 is 0 Å². The number of rotatable bonds is 6. The van der Waals surface area contributed by atoms with Gasteiger partial charge in [-0.25, -0.2) is 0 Å². The molecule has 1 aliphatic rings. The highest BCUT2D eigenvalue weighted by Crippen LogP contribution is 2.34. The number of thioether (sulfide) groups is 1. The summed E-state index contributed by atoms with van der Waals surface area (Å²) in [6.07, 6.45) is 1.41. The largest absolute Gasteiger partial charge is 0.545 e. The van der Waals surface area contributed by atoms with Crippen LogP contribution in [0.25, 0.3) is 17.4 Å². The first-order chi connectivity index (χ1) is 16.2. The molecule has 2 aromatic carbocycles. The zero-order valence-electron chi connectivity index (χ0n) is 17.7. The van der Waals surface area contributed by atoms with Crippen molar-refractivity contribution in [3.63, 3.8) is 0 Å². The van der Waals surface area contributed by atoms with Gasteiger partial charge in [0.05, 0.1) is 15.9 Å². The predicted octanol–water partition coefficient (Wildman–Crippen LogP) is 3.95. The van der Waals surface area contributed by atoms with Crippen LogP contribution in [0.5, 0.6) is 0 Å². The van der Waals surface area contributed by atoms with E-state index in [1.54, 1.807) is 24.3 Å². The number of aryl methyl sites for hydroxylation is 1. The number of carboxylic acid groups (broad SMARTS) is 1. The molecule has 34 heavy (non-hydrogen) atoms. The van der Waals surface area contributed by atoms with Crippen LogP contribution in [0.4, 0.5) is 10.5 Å². The molecule has 3 amide bonds. The summed E-state index contributed by atoms with van der Waals surface area (Å²) in [5.41, 5.74) is 1.98. The third-order valence-electron chi connectivity index (χ3n) is 4.88. The summed E-state index contributed by atoms with van der Waals surface area (Å²) in [6, 6.07) is 14.6. The highest BCUT2D eigenvalue weighted by Gasteiger charge is 2.36. The number of carboxylic acids is 1. The SMILES string of the molecule is Cc1ccc(NC(=O)CN2C(=O)S/C(=C/c3ccc(-c4ccc(C(=O)[O-])c(Cl)c4)o3)C2=O)cc1. The molecule has 1 N–H and O–H groups in total. The van der Waals surface area contributed by atoms with Crippen LogP contribution in [0.1, 0.15) is 21.7 Å². The lowest BCUT2D eigenvalue weighted by molar-refractivity contribution is -0.255.